The first-order chi connectivity index (χ1) is 9.77. The van der Waals surface area contributed by atoms with Crippen molar-refractivity contribution in [1.29, 1.82) is 0 Å². The van der Waals surface area contributed by atoms with Gasteiger partial charge in [-0.2, -0.15) is 4.31 Å². The Kier molecular flexibility index (Phi) is 4.69. The molecule has 0 N–H and O–H groups in total. The molecule has 0 saturated carbocycles. The fourth-order valence-corrected chi connectivity index (χ4v) is 5.66. The number of hydrogen-bond donors (Lipinski definition) is 0. The molecular weight excluding hydrogens is 317 g/mol. The lowest BCUT2D eigenvalue weighted by atomic mass is 10.3. The van der Waals surface area contributed by atoms with E-state index < -0.39 is 30.9 Å². The quantitative estimate of drug-likeness (QED) is 0.737. The highest BCUT2D eigenvalue weighted by molar-refractivity contribution is 7.92. The van der Waals surface area contributed by atoms with Crippen molar-refractivity contribution in [3.63, 3.8) is 0 Å². The number of benzene rings is 1. The van der Waals surface area contributed by atoms with Gasteiger partial charge in [-0.05, 0) is 30.7 Å². The first kappa shape index (κ1) is 16.4. The van der Waals surface area contributed by atoms with Crippen molar-refractivity contribution in [1.82, 2.24) is 4.31 Å². The van der Waals surface area contributed by atoms with Crippen LogP contribution in [0.2, 0.25) is 0 Å². The second kappa shape index (κ2) is 6.02. The summed E-state index contributed by atoms with van der Waals surface area (Å²) in [6.07, 6.45) is 1.33. The van der Waals surface area contributed by atoms with Gasteiger partial charge in [-0.25, -0.2) is 21.2 Å². The normalized spacial score (nSPS) is 17.6. The molecule has 0 amide bonds. The average molecular weight is 335 g/mol. The van der Waals surface area contributed by atoms with E-state index in [0.717, 1.165) is 18.6 Å². The van der Waals surface area contributed by atoms with Crippen LogP contribution in [0.1, 0.15) is 19.8 Å². The van der Waals surface area contributed by atoms with Gasteiger partial charge in [-0.15, -0.1) is 0 Å². The lowest BCUT2D eigenvalue weighted by Gasteiger charge is -2.37. The molecule has 1 aromatic rings. The predicted molar refractivity (Wildman–Crippen MR) is 77.6 cm³/mol. The third-order valence-corrected chi connectivity index (χ3v) is 7.54. The highest BCUT2D eigenvalue weighted by atomic mass is 32.2. The Labute approximate surface area is 124 Å². The van der Waals surface area contributed by atoms with Gasteiger partial charge >= 0.3 is 0 Å². The minimum absolute atomic E-state index is 0.0221. The second-order valence-corrected chi connectivity index (χ2v) is 9.42. The maximum absolute atomic E-state index is 12.8. The van der Waals surface area contributed by atoms with Crippen molar-refractivity contribution >= 4 is 19.9 Å². The molecule has 0 spiro atoms. The van der Waals surface area contributed by atoms with Crippen LogP contribution >= 0.6 is 0 Å². The molecular formula is C13H18FNO4S2. The summed E-state index contributed by atoms with van der Waals surface area (Å²) in [5.41, 5.74) is 0. The van der Waals surface area contributed by atoms with E-state index in [2.05, 4.69) is 0 Å². The fraction of sp³-hybridized carbons (Fsp3) is 0.538. The number of hydrogen-bond acceptors (Lipinski definition) is 4. The van der Waals surface area contributed by atoms with Crippen LogP contribution in [0.3, 0.4) is 0 Å². The standard InChI is InChI=1S/C13H18FNO4S2/c1-2-3-8-20(16,17)15-9-13(10-15)21(18,19)12-6-4-11(14)5-7-12/h4-7,13H,2-3,8-10H2,1H3. The minimum Gasteiger partial charge on any atom is -0.223 e. The van der Waals surface area contributed by atoms with Crippen molar-refractivity contribution in [2.75, 3.05) is 18.8 Å². The summed E-state index contributed by atoms with van der Waals surface area (Å²) >= 11 is 0. The van der Waals surface area contributed by atoms with Crippen molar-refractivity contribution in [2.45, 2.75) is 29.9 Å². The van der Waals surface area contributed by atoms with E-state index in [1.807, 2.05) is 6.92 Å². The molecule has 118 valence electrons. The molecule has 1 aromatic carbocycles. The molecule has 0 radical (unpaired) electrons. The molecule has 0 aliphatic carbocycles. The maximum Gasteiger partial charge on any atom is 0.214 e. The lowest BCUT2D eigenvalue weighted by molar-refractivity contribution is 0.309. The molecule has 2 rings (SSSR count). The van der Waals surface area contributed by atoms with E-state index in [0.29, 0.717) is 6.42 Å². The van der Waals surface area contributed by atoms with Crippen LogP contribution in [-0.2, 0) is 19.9 Å². The molecule has 21 heavy (non-hydrogen) atoms. The van der Waals surface area contributed by atoms with Gasteiger partial charge in [0, 0.05) is 13.1 Å². The molecule has 1 aliphatic heterocycles. The van der Waals surface area contributed by atoms with Crippen molar-refractivity contribution in [3.8, 4) is 0 Å². The molecule has 1 saturated heterocycles. The van der Waals surface area contributed by atoms with Gasteiger partial charge in [0.25, 0.3) is 0 Å². The number of rotatable bonds is 6. The van der Waals surface area contributed by atoms with Crippen LogP contribution in [-0.4, -0.2) is 45.2 Å². The SMILES string of the molecule is CCCCS(=O)(=O)N1CC(S(=O)(=O)c2ccc(F)cc2)C1. The van der Waals surface area contributed by atoms with Crippen molar-refractivity contribution in [3.05, 3.63) is 30.1 Å². The highest BCUT2D eigenvalue weighted by Crippen LogP contribution is 2.26. The molecule has 5 nitrogen and oxygen atoms in total. The molecule has 0 bridgehead atoms. The summed E-state index contributed by atoms with van der Waals surface area (Å²) in [5, 5.41) is -0.751. The smallest absolute Gasteiger partial charge is 0.214 e. The Morgan fingerprint density at radius 2 is 1.71 bits per heavy atom. The van der Waals surface area contributed by atoms with E-state index in [1.165, 1.54) is 16.4 Å². The second-order valence-electron chi connectivity index (χ2n) is 5.11. The molecule has 8 heteroatoms. The zero-order chi connectivity index (χ0) is 15.7. The van der Waals surface area contributed by atoms with Crippen LogP contribution in [0, 0.1) is 5.82 Å². The van der Waals surface area contributed by atoms with E-state index in [4.69, 9.17) is 0 Å². The summed E-state index contributed by atoms with van der Waals surface area (Å²) in [6.45, 7) is 1.85. The topological polar surface area (TPSA) is 71.5 Å². The van der Waals surface area contributed by atoms with Crippen LogP contribution < -0.4 is 0 Å². The summed E-state index contributed by atoms with van der Waals surface area (Å²) in [6, 6.07) is 4.58. The van der Waals surface area contributed by atoms with Gasteiger partial charge in [0.15, 0.2) is 9.84 Å². The third kappa shape index (κ3) is 3.44. The first-order valence-corrected chi connectivity index (χ1v) is 9.90. The van der Waals surface area contributed by atoms with Crippen molar-refractivity contribution in [2.24, 2.45) is 0 Å². The summed E-state index contributed by atoms with van der Waals surface area (Å²) in [7, 11) is -6.96. The van der Waals surface area contributed by atoms with Crippen molar-refractivity contribution < 1.29 is 21.2 Å². The van der Waals surface area contributed by atoms with Crippen LogP contribution in [0.25, 0.3) is 0 Å². The third-order valence-electron chi connectivity index (χ3n) is 3.54. The van der Waals surface area contributed by atoms with Gasteiger partial charge in [0.05, 0.1) is 15.9 Å². The van der Waals surface area contributed by atoms with Gasteiger partial charge in [-0.1, -0.05) is 13.3 Å². The molecule has 0 atom stereocenters. The number of sulfonamides is 1. The zero-order valence-electron chi connectivity index (χ0n) is 11.7. The number of sulfone groups is 1. The van der Waals surface area contributed by atoms with Gasteiger partial charge in [0.2, 0.25) is 10.0 Å². The Hall–Kier alpha value is -0.990. The number of nitrogens with zero attached hydrogens (tertiary/aromatic N) is 1. The largest absolute Gasteiger partial charge is 0.223 e. The Morgan fingerprint density at radius 3 is 2.24 bits per heavy atom. The summed E-state index contributed by atoms with van der Waals surface area (Å²) in [5.74, 6) is -0.460. The maximum atomic E-state index is 12.8. The molecule has 1 heterocycles. The summed E-state index contributed by atoms with van der Waals surface area (Å²) < 4.78 is 62.4. The van der Waals surface area contributed by atoms with Crippen LogP contribution in [0.5, 0.6) is 0 Å². The molecule has 0 aromatic heterocycles. The summed E-state index contributed by atoms with van der Waals surface area (Å²) in [4.78, 5) is 0.0273. The van der Waals surface area contributed by atoms with Gasteiger partial charge in [-0.3, -0.25) is 0 Å². The molecule has 1 aliphatic rings. The lowest BCUT2D eigenvalue weighted by Crippen LogP contribution is -2.57. The van der Waals surface area contributed by atoms with E-state index in [1.54, 1.807) is 0 Å². The first-order valence-electron chi connectivity index (χ1n) is 6.74. The van der Waals surface area contributed by atoms with Gasteiger partial charge in [0.1, 0.15) is 5.82 Å². The van der Waals surface area contributed by atoms with Crippen LogP contribution in [0.4, 0.5) is 4.39 Å². The van der Waals surface area contributed by atoms with Crippen LogP contribution in [0.15, 0.2) is 29.2 Å². The van der Waals surface area contributed by atoms with E-state index >= 15 is 0 Å². The minimum atomic E-state index is -3.61. The van der Waals surface area contributed by atoms with E-state index in [9.17, 15) is 21.2 Å². The number of unbranched alkanes of at least 4 members (excludes halogenated alkanes) is 1. The van der Waals surface area contributed by atoms with E-state index in [-0.39, 0.29) is 23.7 Å². The number of halogens is 1. The molecule has 0 unspecified atom stereocenters. The molecule has 1 fully saturated rings. The Balaban J connectivity index is 2.05. The highest BCUT2D eigenvalue weighted by Gasteiger charge is 2.43. The predicted octanol–water partition coefficient (Wildman–Crippen LogP) is 1.41. The average Bonchev–Trinajstić information content (AvgIpc) is 2.34. The Bertz CT molecular complexity index is 692. The van der Waals surface area contributed by atoms with Gasteiger partial charge < -0.3 is 0 Å². The zero-order valence-corrected chi connectivity index (χ0v) is 13.3. The Morgan fingerprint density at radius 1 is 1.14 bits per heavy atom. The fourth-order valence-electron chi connectivity index (χ4n) is 2.10. The monoisotopic (exact) mass is 335 g/mol.